The number of sulfonamides is 1. The molecule has 6 nitrogen and oxygen atoms in total. The lowest BCUT2D eigenvalue weighted by Gasteiger charge is -2.11. The van der Waals surface area contributed by atoms with Crippen LogP contribution in [0.5, 0.6) is 0 Å². The molecule has 3 aromatic rings. The normalized spacial score (nSPS) is 11.7. The second-order valence-corrected chi connectivity index (χ2v) is 7.51. The highest BCUT2D eigenvalue weighted by atomic mass is 32.2. The highest BCUT2D eigenvalue weighted by Crippen LogP contribution is 2.28. The van der Waals surface area contributed by atoms with E-state index in [4.69, 9.17) is 5.14 Å². The quantitative estimate of drug-likeness (QED) is 0.748. The van der Waals surface area contributed by atoms with Crippen molar-refractivity contribution in [2.45, 2.75) is 25.3 Å². The molecule has 0 fully saturated rings. The number of aryl methyl sites for hydroxylation is 2. The lowest BCUT2D eigenvalue weighted by Crippen LogP contribution is -2.12. The summed E-state index contributed by atoms with van der Waals surface area (Å²) in [5.74, 6) is 0. The van der Waals surface area contributed by atoms with Crippen LogP contribution in [0.4, 0.5) is 0 Å². The fourth-order valence-electron chi connectivity index (χ4n) is 2.68. The summed E-state index contributed by atoms with van der Waals surface area (Å²) in [4.78, 5) is 0.0408. The molecule has 1 heterocycles. The van der Waals surface area contributed by atoms with E-state index in [2.05, 4.69) is 11.2 Å². The van der Waals surface area contributed by atoms with Crippen molar-refractivity contribution in [3.63, 3.8) is 0 Å². The van der Waals surface area contributed by atoms with E-state index in [0.717, 1.165) is 22.4 Å². The molecule has 3 N–H and O–H groups in total. The van der Waals surface area contributed by atoms with E-state index >= 15 is 0 Å². The first-order chi connectivity index (χ1) is 11.8. The molecule has 130 valence electrons. The van der Waals surface area contributed by atoms with Gasteiger partial charge in [0, 0.05) is 5.56 Å². The number of hydrogen-bond donors (Lipinski definition) is 2. The zero-order chi connectivity index (χ0) is 18.2. The molecule has 0 spiro atoms. The van der Waals surface area contributed by atoms with Gasteiger partial charge in [-0.3, -0.25) is 0 Å². The number of rotatable bonds is 4. The number of primary sulfonamides is 1. The number of nitrogens with zero attached hydrogens (tertiary/aromatic N) is 2. The first kappa shape index (κ1) is 17.3. The molecule has 0 aliphatic carbocycles. The molecule has 7 heteroatoms. The lowest BCUT2D eigenvalue weighted by molar-refractivity contribution is 0.276. The number of benzene rings is 2. The van der Waals surface area contributed by atoms with Crippen LogP contribution in [0, 0.1) is 13.8 Å². The summed E-state index contributed by atoms with van der Waals surface area (Å²) < 4.78 is 24.5. The Hall–Kier alpha value is -2.48. The van der Waals surface area contributed by atoms with E-state index in [9.17, 15) is 13.5 Å². The third kappa shape index (κ3) is 3.48. The highest BCUT2D eigenvalue weighted by Gasteiger charge is 2.14. The lowest BCUT2D eigenvalue weighted by atomic mass is 10.0. The smallest absolute Gasteiger partial charge is 0.238 e. The van der Waals surface area contributed by atoms with Crippen LogP contribution in [0.15, 0.2) is 53.4 Å². The maximum absolute atomic E-state index is 11.4. The average Bonchev–Trinajstić information content (AvgIpc) is 3.00. The Bertz CT molecular complexity index is 1020. The molecule has 0 aliphatic heterocycles. The maximum atomic E-state index is 11.4. The summed E-state index contributed by atoms with van der Waals surface area (Å²) in [5.41, 5.74) is 5.24. The highest BCUT2D eigenvalue weighted by molar-refractivity contribution is 7.89. The minimum Gasteiger partial charge on any atom is -0.390 e. The molecule has 0 bridgehead atoms. The van der Waals surface area contributed by atoms with Gasteiger partial charge in [-0.1, -0.05) is 17.7 Å². The number of aliphatic hydroxyl groups is 1. The minimum atomic E-state index is -3.75. The third-order valence-corrected chi connectivity index (χ3v) is 4.93. The molecule has 0 saturated heterocycles. The SMILES string of the molecule is Cc1ccc(C)c(-c2cc(CO)nn2-c2ccc(S(N)(=O)=O)cc2)c1. The van der Waals surface area contributed by atoms with Crippen LogP contribution < -0.4 is 5.14 Å². The van der Waals surface area contributed by atoms with Gasteiger partial charge >= 0.3 is 0 Å². The first-order valence-corrected chi connectivity index (χ1v) is 9.25. The molecule has 25 heavy (non-hydrogen) atoms. The molecule has 0 saturated carbocycles. The topological polar surface area (TPSA) is 98.2 Å². The Morgan fingerprint density at radius 2 is 1.76 bits per heavy atom. The fourth-order valence-corrected chi connectivity index (χ4v) is 3.20. The van der Waals surface area contributed by atoms with E-state index in [1.54, 1.807) is 16.8 Å². The van der Waals surface area contributed by atoms with Crippen LogP contribution in [0.1, 0.15) is 16.8 Å². The van der Waals surface area contributed by atoms with E-state index < -0.39 is 10.0 Å². The van der Waals surface area contributed by atoms with Gasteiger partial charge in [0.2, 0.25) is 10.0 Å². The van der Waals surface area contributed by atoms with Crippen LogP contribution in [-0.2, 0) is 16.6 Å². The van der Waals surface area contributed by atoms with Gasteiger partial charge in [0.05, 0.1) is 28.6 Å². The van der Waals surface area contributed by atoms with Crippen molar-refractivity contribution in [1.29, 1.82) is 0 Å². The number of nitrogens with two attached hydrogens (primary N) is 1. The first-order valence-electron chi connectivity index (χ1n) is 7.70. The summed E-state index contributed by atoms with van der Waals surface area (Å²) in [6.45, 7) is 3.84. The Balaban J connectivity index is 2.17. The van der Waals surface area contributed by atoms with Crippen LogP contribution in [0.3, 0.4) is 0 Å². The van der Waals surface area contributed by atoms with E-state index in [1.165, 1.54) is 12.1 Å². The Kier molecular flexibility index (Phi) is 4.47. The predicted molar refractivity (Wildman–Crippen MR) is 95.8 cm³/mol. The molecule has 0 amide bonds. The summed E-state index contributed by atoms with van der Waals surface area (Å²) in [5, 5.41) is 19.0. The second-order valence-electron chi connectivity index (χ2n) is 5.95. The van der Waals surface area contributed by atoms with Gasteiger partial charge in [-0.2, -0.15) is 5.10 Å². The molecule has 0 atom stereocenters. The van der Waals surface area contributed by atoms with Gasteiger partial charge in [-0.15, -0.1) is 0 Å². The van der Waals surface area contributed by atoms with Gasteiger partial charge < -0.3 is 5.11 Å². The standard InChI is InChI=1S/C18H19N3O3S/c1-12-3-4-13(2)17(9-12)18-10-14(11-22)20-21(18)15-5-7-16(8-6-15)25(19,23)24/h3-10,22H,11H2,1-2H3,(H2,19,23,24). The summed E-state index contributed by atoms with van der Waals surface area (Å²) in [6.07, 6.45) is 0. The number of hydrogen-bond acceptors (Lipinski definition) is 4. The Morgan fingerprint density at radius 1 is 1.08 bits per heavy atom. The van der Waals surface area contributed by atoms with E-state index in [1.807, 2.05) is 32.0 Å². The summed E-state index contributed by atoms with van der Waals surface area (Å²) in [7, 11) is -3.75. The molecule has 1 aromatic heterocycles. The van der Waals surface area contributed by atoms with Crippen molar-refractivity contribution >= 4 is 10.0 Å². The van der Waals surface area contributed by atoms with Gasteiger partial charge in [0.15, 0.2) is 0 Å². The Morgan fingerprint density at radius 3 is 2.36 bits per heavy atom. The monoisotopic (exact) mass is 357 g/mol. The summed E-state index contributed by atoms with van der Waals surface area (Å²) >= 11 is 0. The van der Waals surface area contributed by atoms with Crippen molar-refractivity contribution in [3.8, 4) is 16.9 Å². The van der Waals surface area contributed by atoms with Crippen molar-refractivity contribution < 1.29 is 13.5 Å². The number of aromatic nitrogens is 2. The van der Waals surface area contributed by atoms with Crippen LogP contribution >= 0.6 is 0 Å². The van der Waals surface area contributed by atoms with E-state index in [0.29, 0.717) is 11.4 Å². The molecule has 0 unspecified atom stereocenters. The van der Waals surface area contributed by atoms with Gasteiger partial charge in [-0.25, -0.2) is 18.2 Å². The van der Waals surface area contributed by atoms with Crippen molar-refractivity contribution in [2.75, 3.05) is 0 Å². The molecular formula is C18H19N3O3S. The van der Waals surface area contributed by atoms with Gasteiger partial charge in [0.1, 0.15) is 0 Å². The number of aliphatic hydroxyl groups excluding tert-OH is 1. The largest absolute Gasteiger partial charge is 0.390 e. The molecule has 0 radical (unpaired) electrons. The minimum absolute atomic E-state index is 0.0408. The Labute approximate surface area is 146 Å². The molecule has 0 aliphatic rings. The van der Waals surface area contributed by atoms with Gasteiger partial charge in [-0.05, 0) is 55.8 Å². The van der Waals surface area contributed by atoms with Crippen molar-refractivity contribution in [2.24, 2.45) is 5.14 Å². The molecule has 3 rings (SSSR count). The average molecular weight is 357 g/mol. The summed E-state index contributed by atoms with van der Waals surface area (Å²) in [6, 6.07) is 14.1. The van der Waals surface area contributed by atoms with Gasteiger partial charge in [0.25, 0.3) is 0 Å². The maximum Gasteiger partial charge on any atom is 0.238 e. The van der Waals surface area contributed by atoms with Crippen LogP contribution in [0.25, 0.3) is 16.9 Å². The second kappa shape index (κ2) is 6.44. The molecule has 2 aromatic carbocycles. The zero-order valence-corrected chi connectivity index (χ0v) is 14.8. The zero-order valence-electron chi connectivity index (χ0n) is 14.0. The van der Waals surface area contributed by atoms with Crippen molar-refractivity contribution in [3.05, 3.63) is 65.4 Å². The van der Waals surface area contributed by atoms with Crippen LogP contribution in [0.2, 0.25) is 0 Å². The predicted octanol–water partition coefficient (Wildman–Crippen LogP) is 2.30. The fraction of sp³-hybridized carbons (Fsp3) is 0.167. The van der Waals surface area contributed by atoms with Crippen molar-refractivity contribution in [1.82, 2.24) is 9.78 Å². The third-order valence-electron chi connectivity index (χ3n) is 4.00. The van der Waals surface area contributed by atoms with E-state index in [-0.39, 0.29) is 11.5 Å². The van der Waals surface area contributed by atoms with Crippen LogP contribution in [-0.4, -0.2) is 23.3 Å². The molecular weight excluding hydrogens is 338 g/mol.